The third kappa shape index (κ3) is 2.85. The molecule has 3 aromatic rings. The second-order valence-corrected chi connectivity index (χ2v) is 4.97. The van der Waals surface area contributed by atoms with Crippen LogP contribution < -0.4 is 4.74 Å². The average molecular weight is 286 g/mol. The average Bonchev–Trinajstić information content (AvgIpc) is 3.12. The van der Waals surface area contributed by atoms with Crippen LogP contribution in [0.3, 0.4) is 0 Å². The summed E-state index contributed by atoms with van der Waals surface area (Å²) in [5, 5.41) is 10.2. The van der Waals surface area contributed by atoms with E-state index in [-0.39, 0.29) is 0 Å². The zero-order chi connectivity index (χ0) is 13.8. The van der Waals surface area contributed by atoms with Gasteiger partial charge in [-0.2, -0.15) is 0 Å². The molecule has 0 aliphatic rings. The van der Waals surface area contributed by atoms with Gasteiger partial charge in [0.15, 0.2) is 0 Å². The maximum Gasteiger partial charge on any atom is 0.132 e. The van der Waals surface area contributed by atoms with Crippen molar-refractivity contribution in [3.8, 4) is 17.1 Å². The quantitative estimate of drug-likeness (QED) is 0.723. The van der Waals surface area contributed by atoms with E-state index in [1.54, 1.807) is 16.8 Å². The highest BCUT2D eigenvalue weighted by Crippen LogP contribution is 2.17. The number of ether oxygens (including phenoxy) is 1. The molecule has 0 fully saturated rings. The van der Waals surface area contributed by atoms with Crippen LogP contribution in [0.25, 0.3) is 11.4 Å². The predicted octanol–water partition coefficient (Wildman–Crippen LogP) is 2.85. The molecule has 5 nitrogen and oxygen atoms in total. The number of nitrogens with zero attached hydrogens (tertiary/aromatic N) is 4. The lowest BCUT2D eigenvalue weighted by atomic mass is 10.2. The van der Waals surface area contributed by atoms with E-state index in [4.69, 9.17) is 4.74 Å². The minimum atomic E-state index is 0.680. The molecule has 0 saturated heterocycles. The van der Waals surface area contributed by atoms with Crippen LogP contribution in [0.2, 0.25) is 0 Å². The highest BCUT2D eigenvalue weighted by molar-refractivity contribution is 7.07. The second-order valence-electron chi connectivity index (χ2n) is 4.25. The molecular formula is C14H14N4OS. The Morgan fingerprint density at radius 2 is 2.05 bits per heavy atom. The van der Waals surface area contributed by atoms with Gasteiger partial charge in [0.05, 0.1) is 24.9 Å². The molecule has 102 valence electrons. The second kappa shape index (κ2) is 5.83. The Hall–Kier alpha value is -2.21. The van der Waals surface area contributed by atoms with Crippen molar-refractivity contribution in [2.45, 2.75) is 13.5 Å². The molecule has 6 heteroatoms. The van der Waals surface area contributed by atoms with Crippen LogP contribution in [0.4, 0.5) is 0 Å². The molecule has 0 N–H and O–H groups in total. The molecule has 0 saturated carbocycles. The van der Waals surface area contributed by atoms with E-state index in [2.05, 4.69) is 15.3 Å². The zero-order valence-corrected chi connectivity index (χ0v) is 11.9. The number of hydrogen-bond acceptors (Lipinski definition) is 5. The Labute approximate surface area is 120 Å². The highest BCUT2D eigenvalue weighted by atomic mass is 32.1. The normalized spacial score (nSPS) is 10.7. The Morgan fingerprint density at radius 3 is 2.75 bits per heavy atom. The lowest BCUT2D eigenvalue weighted by molar-refractivity contribution is 0.340. The number of thiazole rings is 1. The van der Waals surface area contributed by atoms with Crippen LogP contribution in [0.5, 0.6) is 5.75 Å². The molecule has 0 unspecified atom stereocenters. The molecule has 0 amide bonds. The molecule has 0 aliphatic carbocycles. The fourth-order valence-electron chi connectivity index (χ4n) is 1.88. The van der Waals surface area contributed by atoms with Gasteiger partial charge in [-0.15, -0.1) is 16.4 Å². The van der Waals surface area contributed by atoms with Crippen molar-refractivity contribution < 1.29 is 4.74 Å². The van der Waals surface area contributed by atoms with E-state index < -0.39 is 0 Å². The van der Waals surface area contributed by atoms with Gasteiger partial charge < -0.3 is 4.74 Å². The van der Waals surface area contributed by atoms with Gasteiger partial charge in [-0.25, -0.2) is 9.67 Å². The maximum absolute atomic E-state index is 5.42. The predicted molar refractivity (Wildman–Crippen MR) is 77.8 cm³/mol. The van der Waals surface area contributed by atoms with Crippen LogP contribution in [0.1, 0.15) is 12.5 Å². The van der Waals surface area contributed by atoms with E-state index in [1.807, 2.05) is 47.4 Å². The summed E-state index contributed by atoms with van der Waals surface area (Å²) >= 11 is 1.55. The Balaban J connectivity index is 1.71. The Morgan fingerprint density at radius 1 is 1.20 bits per heavy atom. The summed E-state index contributed by atoms with van der Waals surface area (Å²) in [7, 11) is 0. The largest absolute Gasteiger partial charge is 0.494 e. The standard InChI is InChI=1S/C14H14N4OS/c1-2-19-12-5-3-11(4-6-12)7-18-8-13(16-17-18)14-9-20-10-15-14/h3-6,8-10H,2,7H2,1H3. The van der Waals surface area contributed by atoms with Crippen molar-refractivity contribution in [3.05, 3.63) is 46.9 Å². The van der Waals surface area contributed by atoms with E-state index in [1.165, 1.54) is 0 Å². The van der Waals surface area contributed by atoms with Crippen molar-refractivity contribution in [1.29, 1.82) is 0 Å². The first-order chi connectivity index (χ1) is 9.85. The smallest absolute Gasteiger partial charge is 0.132 e. The molecule has 1 aromatic carbocycles. The molecule has 20 heavy (non-hydrogen) atoms. The van der Waals surface area contributed by atoms with E-state index >= 15 is 0 Å². The number of aromatic nitrogens is 4. The van der Waals surface area contributed by atoms with E-state index in [9.17, 15) is 0 Å². The number of rotatable bonds is 5. The fourth-order valence-corrected chi connectivity index (χ4v) is 2.42. The first-order valence-corrected chi connectivity index (χ1v) is 7.30. The Bertz CT molecular complexity index is 661. The molecule has 3 rings (SSSR count). The van der Waals surface area contributed by atoms with Gasteiger partial charge in [-0.1, -0.05) is 17.3 Å². The van der Waals surface area contributed by atoms with Crippen molar-refractivity contribution >= 4 is 11.3 Å². The SMILES string of the molecule is CCOc1ccc(Cn2cc(-c3cscn3)nn2)cc1. The van der Waals surface area contributed by atoms with Gasteiger partial charge in [0.2, 0.25) is 0 Å². The van der Waals surface area contributed by atoms with Gasteiger partial charge in [0, 0.05) is 5.38 Å². The van der Waals surface area contributed by atoms with Gasteiger partial charge in [-0.3, -0.25) is 0 Å². The summed E-state index contributed by atoms with van der Waals surface area (Å²) in [5.41, 5.74) is 4.62. The van der Waals surface area contributed by atoms with Crippen LogP contribution >= 0.6 is 11.3 Å². The summed E-state index contributed by atoms with van der Waals surface area (Å²) < 4.78 is 7.23. The topological polar surface area (TPSA) is 52.8 Å². The fraction of sp³-hybridized carbons (Fsp3) is 0.214. The summed E-state index contributed by atoms with van der Waals surface area (Å²) in [5.74, 6) is 0.887. The lowest BCUT2D eigenvalue weighted by Crippen LogP contribution is -2.00. The maximum atomic E-state index is 5.42. The molecule has 0 bridgehead atoms. The zero-order valence-electron chi connectivity index (χ0n) is 11.1. The lowest BCUT2D eigenvalue weighted by Gasteiger charge is -2.04. The summed E-state index contributed by atoms with van der Waals surface area (Å²) in [6.45, 7) is 3.34. The summed E-state index contributed by atoms with van der Waals surface area (Å²) in [6, 6.07) is 8.01. The number of hydrogen-bond donors (Lipinski definition) is 0. The first kappa shape index (κ1) is 12.8. The molecule has 0 aliphatic heterocycles. The van der Waals surface area contributed by atoms with Crippen molar-refractivity contribution in [2.24, 2.45) is 0 Å². The molecule has 0 spiro atoms. The molecular weight excluding hydrogens is 272 g/mol. The molecule has 2 heterocycles. The first-order valence-electron chi connectivity index (χ1n) is 6.35. The summed E-state index contributed by atoms with van der Waals surface area (Å²) in [6.07, 6.45) is 1.91. The Kier molecular flexibility index (Phi) is 3.73. The van der Waals surface area contributed by atoms with Crippen LogP contribution in [-0.2, 0) is 6.54 Å². The van der Waals surface area contributed by atoms with Crippen molar-refractivity contribution in [1.82, 2.24) is 20.0 Å². The van der Waals surface area contributed by atoms with E-state index in [0.29, 0.717) is 13.2 Å². The van der Waals surface area contributed by atoms with Gasteiger partial charge in [0.25, 0.3) is 0 Å². The van der Waals surface area contributed by atoms with Gasteiger partial charge in [-0.05, 0) is 24.6 Å². The minimum Gasteiger partial charge on any atom is -0.494 e. The van der Waals surface area contributed by atoms with Gasteiger partial charge >= 0.3 is 0 Å². The minimum absolute atomic E-state index is 0.680. The summed E-state index contributed by atoms with van der Waals surface area (Å²) in [4.78, 5) is 4.23. The van der Waals surface area contributed by atoms with Crippen molar-refractivity contribution in [3.63, 3.8) is 0 Å². The molecule has 2 aromatic heterocycles. The third-order valence-corrected chi connectivity index (χ3v) is 3.40. The monoisotopic (exact) mass is 286 g/mol. The van der Waals surface area contributed by atoms with Crippen LogP contribution in [-0.4, -0.2) is 26.6 Å². The molecule has 0 radical (unpaired) electrons. The van der Waals surface area contributed by atoms with Crippen molar-refractivity contribution in [2.75, 3.05) is 6.61 Å². The third-order valence-electron chi connectivity index (χ3n) is 2.81. The highest BCUT2D eigenvalue weighted by Gasteiger charge is 2.06. The van der Waals surface area contributed by atoms with Crippen LogP contribution in [0, 0.1) is 0 Å². The van der Waals surface area contributed by atoms with E-state index in [0.717, 1.165) is 22.7 Å². The molecule has 0 atom stereocenters. The van der Waals surface area contributed by atoms with Crippen LogP contribution in [0.15, 0.2) is 41.4 Å². The number of benzene rings is 1. The van der Waals surface area contributed by atoms with Gasteiger partial charge in [0.1, 0.15) is 17.1 Å².